The quantitative estimate of drug-likeness (QED) is 0.819. The van der Waals surface area contributed by atoms with Crippen molar-refractivity contribution in [1.82, 2.24) is 5.32 Å². The molecule has 1 saturated carbocycles. The first-order chi connectivity index (χ1) is 9.83. The molecule has 2 aliphatic rings. The molecule has 0 spiro atoms. The average molecular weight is 294 g/mol. The molecule has 110 valence electrons. The molecule has 0 bridgehead atoms. The smallest absolute Gasteiger partial charge is 0.0594 e. The van der Waals surface area contributed by atoms with Crippen molar-refractivity contribution in [2.45, 2.75) is 57.1 Å². The van der Waals surface area contributed by atoms with Crippen LogP contribution in [0.25, 0.3) is 0 Å². The van der Waals surface area contributed by atoms with Crippen molar-refractivity contribution in [3.63, 3.8) is 0 Å². The zero-order chi connectivity index (χ0) is 13.8. The Morgan fingerprint density at radius 2 is 2.00 bits per heavy atom. The highest BCUT2D eigenvalue weighted by molar-refractivity contribution is 6.30. The third kappa shape index (κ3) is 3.55. The molecule has 0 aliphatic heterocycles. The number of rotatable bonds is 5. The van der Waals surface area contributed by atoms with E-state index >= 15 is 0 Å². The van der Waals surface area contributed by atoms with Crippen molar-refractivity contribution >= 4 is 11.6 Å². The molecule has 1 aromatic rings. The molecule has 0 amide bonds. The first kappa shape index (κ1) is 14.4. The molecule has 2 aliphatic carbocycles. The lowest BCUT2D eigenvalue weighted by atomic mass is 9.98. The molecule has 20 heavy (non-hydrogen) atoms. The van der Waals surface area contributed by atoms with Crippen LogP contribution in [0, 0.1) is 0 Å². The lowest BCUT2D eigenvalue weighted by Gasteiger charge is -2.22. The molecule has 0 aromatic heterocycles. The number of hydrogen-bond acceptors (Lipinski definition) is 2. The molecule has 1 unspecified atom stereocenters. The third-order valence-corrected chi connectivity index (χ3v) is 4.82. The molecule has 1 fully saturated rings. The van der Waals surface area contributed by atoms with Gasteiger partial charge in [-0.05, 0) is 48.9 Å². The summed E-state index contributed by atoms with van der Waals surface area (Å²) in [5.74, 6) is 0. The largest absolute Gasteiger partial charge is 0.377 e. The number of fused-ring (bicyclic) bond motifs is 1. The summed E-state index contributed by atoms with van der Waals surface area (Å²) in [5, 5.41) is 4.48. The normalized spacial score (nSPS) is 22.9. The van der Waals surface area contributed by atoms with Gasteiger partial charge in [0.25, 0.3) is 0 Å². The summed E-state index contributed by atoms with van der Waals surface area (Å²) in [7, 11) is 0. The molecule has 1 atom stereocenters. The summed E-state index contributed by atoms with van der Waals surface area (Å²) in [5.41, 5.74) is 2.83. The number of benzene rings is 1. The second-order valence-electron chi connectivity index (χ2n) is 6.02. The summed E-state index contributed by atoms with van der Waals surface area (Å²) < 4.78 is 5.97. The van der Waals surface area contributed by atoms with Crippen LogP contribution in [0.2, 0.25) is 5.02 Å². The first-order valence-electron chi connectivity index (χ1n) is 7.96. The highest BCUT2D eigenvalue weighted by Crippen LogP contribution is 2.32. The number of ether oxygens (including phenoxy) is 1. The fraction of sp³-hybridized carbons (Fsp3) is 0.647. The van der Waals surface area contributed by atoms with Crippen molar-refractivity contribution in [3.05, 3.63) is 34.3 Å². The second kappa shape index (κ2) is 6.93. The van der Waals surface area contributed by atoms with Crippen molar-refractivity contribution in [1.29, 1.82) is 0 Å². The van der Waals surface area contributed by atoms with E-state index in [9.17, 15) is 0 Å². The SMILES string of the molecule is Clc1ccc2c(c1)CCC2NCCOC1CCCCC1. The van der Waals surface area contributed by atoms with Gasteiger partial charge in [-0.3, -0.25) is 0 Å². The van der Waals surface area contributed by atoms with Crippen LogP contribution >= 0.6 is 11.6 Å². The standard InChI is InChI=1S/C17H24ClNO/c18-14-7-8-16-13(12-14)6-9-17(16)19-10-11-20-15-4-2-1-3-5-15/h7-8,12,15,17,19H,1-6,9-11H2. The van der Waals surface area contributed by atoms with Crippen LogP contribution in [0.5, 0.6) is 0 Å². The van der Waals surface area contributed by atoms with Crippen LogP contribution in [0.4, 0.5) is 0 Å². The van der Waals surface area contributed by atoms with E-state index in [1.165, 1.54) is 49.7 Å². The Labute approximate surface area is 126 Å². The lowest BCUT2D eigenvalue weighted by molar-refractivity contribution is 0.0294. The van der Waals surface area contributed by atoms with Gasteiger partial charge in [0, 0.05) is 17.6 Å². The van der Waals surface area contributed by atoms with Gasteiger partial charge in [-0.15, -0.1) is 0 Å². The maximum absolute atomic E-state index is 6.04. The van der Waals surface area contributed by atoms with E-state index in [4.69, 9.17) is 16.3 Å². The van der Waals surface area contributed by atoms with Gasteiger partial charge in [0.15, 0.2) is 0 Å². The van der Waals surface area contributed by atoms with Crippen molar-refractivity contribution in [3.8, 4) is 0 Å². The Bertz CT molecular complexity index is 443. The van der Waals surface area contributed by atoms with E-state index in [2.05, 4.69) is 17.4 Å². The maximum Gasteiger partial charge on any atom is 0.0594 e. The zero-order valence-electron chi connectivity index (χ0n) is 12.0. The van der Waals surface area contributed by atoms with Gasteiger partial charge in [-0.1, -0.05) is 36.9 Å². The summed E-state index contributed by atoms with van der Waals surface area (Å²) in [4.78, 5) is 0. The molecular weight excluding hydrogens is 270 g/mol. The Balaban J connectivity index is 1.41. The molecular formula is C17H24ClNO. The summed E-state index contributed by atoms with van der Waals surface area (Å²) >= 11 is 6.04. The second-order valence-corrected chi connectivity index (χ2v) is 6.46. The van der Waals surface area contributed by atoms with Crippen LogP contribution < -0.4 is 5.32 Å². The predicted molar refractivity (Wildman–Crippen MR) is 83.3 cm³/mol. The van der Waals surface area contributed by atoms with Gasteiger partial charge >= 0.3 is 0 Å². The van der Waals surface area contributed by atoms with Crippen LogP contribution in [-0.2, 0) is 11.2 Å². The van der Waals surface area contributed by atoms with Gasteiger partial charge in [0.05, 0.1) is 12.7 Å². The third-order valence-electron chi connectivity index (χ3n) is 4.58. The Morgan fingerprint density at radius 1 is 1.15 bits per heavy atom. The minimum absolute atomic E-state index is 0.484. The van der Waals surface area contributed by atoms with E-state index in [0.717, 1.165) is 24.6 Å². The molecule has 0 heterocycles. The van der Waals surface area contributed by atoms with Crippen LogP contribution in [-0.4, -0.2) is 19.3 Å². The fourth-order valence-corrected chi connectivity index (χ4v) is 3.68. The van der Waals surface area contributed by atoms with E-state index in [-0.39, 0.29) is 0 Å². The van der Waals surface area contributed by atoms with Gasteiger partial charge in [0.2, 0.25) is 0 Å². The van der Waals surface area contributed by atoms with Crippen molar-refractivity contribution in [2.75, 3.05) is 13.2 Å². The summed E-state index contributed by atoms with van der Waals surface area (Å²) in [6.07, 6.45) is 9.41. The number of halogens is 1. The van der Waals surface area contributed by atoms with Gasteiger partial charge in [0.1, 0.15) is 0 Å². The van der Waals surface area contributed by atoms with E-state index in [1.54, 1.807) is 0 Å². The van der Waals surface area contributed by atoms with Crippen LogP contribution in [0.15, 0.2) is 18.2 Å². The molecule has 2 nitrogen and oxygen atoms in total. The van der Waals surface area contributed by atoms with Gasteiger partial charge in [-0.25, -0.2) is 0 Å². The van der Waals surface area contributed by atoms with Crippen molar-refractivity contribution in [2.24, 2.45) is 0 Å². The number of nitrogens with one attached hydrogen (secondary N) is 1. The van der Waals surface area contributed by atoms with E-state index in [1.807, 2.05) is 6.07 Å². The summed E-state index contributed by atoms with van der Waals surface area (Å²) in [6, 6.07) is 6.76. The highest BCUT2D eigenvalue weighted by Gasteiger charge is 2.22. The highest BCUT2D eigenvalue weighted by atomic mass is 35.5. The average Bonchev–Trinajstić information content (AvgIpc) is 2.87. The van der Waals surface area contributed by atoms with Crippen LogP contribution in [0.1, 0.15) is 55.7 Å². The fourth-order valence-electron chi connectivity index (χ4n) is 3.49. The van der Waals surface area contributed by atoms with Gasteiger partial charge in [-0.2, -0.15) is 0 Å². The molecule has 0 radical (unpaired) electrons. The van der Waals surface area contributed by atoms with E-state index in [0.29, 0.717) is 12.1 Å². The van der Waals surface area contributed by atoms with E-state index < -0.39 is 0 Å². The van der Waals surface area contributed by atoms with Crippen molar-refractivity contribution < 1.29 is 4.74 Å². The first-order valence-corrected chi connectivity index (χ1v) is 8.34. The molecule has 0 saturated heterocycles. The minimum Gasteiger partial charge on any atom is -0.377 e. The topological polar surface area (TPSA) is 21.3 Å². The summed E-state index contributed by atoms with van der Waals surface area (Å²) in [6.45, 7) is 1.79. The number of hydrogen-bond donors (Lipinski definition) is 1. The Kier molecular flexibility index (Phi) is 4.98. The molecule has 1 aromatic carbocycles. The number of aryl methyl sites for hydroxylation is 1. The Hall–Kier alpha value is -0.570. The van der Waals surface area contributed by atoms with Gasteiger partial charge < -0.3 is 10.1 Å². The lowest BCUT2D eigenvalue weighted by Crippen LogP contribution is -2.26. The molecule has 3 heteroatoms. The maximum atomic E-state index is 6.04. The Morgan fingerprint density at radius 3 is 2.85 bits per heavy atom. The monoisotopic (exact) mass is 293 g/mol. The predicted octanol–water partition coefficient (Wildman–Crippen LogP) is 4.27. The zero-order valence-corrected chi connectivity index (χ0v) is 12.8. The van der Waals surface area contributed by atoms with Crippen LogP contribution in [0.3, 0.4) is 0 Å². The minimum atomic E-state index is 0.484. The molecule has 1 N–H and O–H groups in total. The molecule has 3 rings (SSSR count).